The Morgan fingerprint density at radius 3 is 2.06 bits per heavy atom. The number of carbonyl (C=O) groups is 2. The molecule has 0 heterocycles. The molecule has 5 nitrogen and oxygen atoms in total. The molecule has 0 rings (SSSR count). The molecular weight excluding hydrogens is 206 g/mol. The summed E-state index contributed by atoms with van der Waals surface area (Å²) in [5.41, 5.74) is 5.07. The van der Waals surface area contributed by atoms with Gasteiger partial charge in [0.25, 0.3) is 0 Å². The minimum atomic E-state index is -0.541. The van der Waals surface area contributed by atoms with Crippen LogP contribution in [0.2, 0.25) is 0 Å². The van der Waals surface area contributed by atoms with Gasteiger partial charge in [-0.05, 0) is 27.7 Å². The van der Waals surface area contributed by atoms with Crippen LogP contribution in [-0.4, -0.2) is 29.9 Å². The summed E-state index contributed by atoms with van der Waals surface area (Å²) < 4.78 is 0. The number of carbonyl (C=O) groups excluding carboxylic acids is 2. The molecule has 0 saturated heterocycles. The molecule has 0 bridgehead atoms. The van der Waals surface area contributed by atoms with Crippen LogP contribution in [-0.2, 0) is 9.59 Å². The van der Waals surface area contributed by atoms with Gasteiger partial charge in [0.15, 0.2) is 0 Å². The summed E-state index contributed by atoms with van der Waals surface area (Å²) in [5.74, 6) is -0.658. The van der Waals surface area contributed by atoms with Gasteiger partial charge in [-0.15, -0.1) is 0 Å². The quantitative estimate of drug-likeness (QED) is 0.634. The molecule has 0 fully saturated rings. The summed E-state index contributed by atoms with van der Waals surface area (Å²) in [6.45, 7) is 9.33. The predicted octanol–water partition coefficient (Wildman–Crippen LogP) is 0.000600. The monoisotopic (exact) mass is 229 g/mol. The largest absolute Gasteiger partial charge is 0.350 e. The van der Waals surface area contributed by atoms with Crippen molar-refractivity contribution in [3.63, 3.8) is 0 Å². The second-order valence-corrected chi connectivity index (χ2v) is 5.11. The van der Waals surface area contributed by atoms with E-state index in [1.54, 1.807) is 13.8 Å². The molecule has 0 aromatic heterocycles. The van der Waals surface area contributed by atoms with Crippen molar-refractivity contribution in [1.82, 2.24) is 10.6 Å². The van der Waals surface area contributed by atoms with Gasteiger partial charge in [0.2, 0.25) is 11.8 Å². The first-order valence-electron chi connectivity index (χ1n) is 5.50. The zero-order valence-electron chi connectivity index (χ0n) is 10.8. The maximum absolute atomic E-state index is 11.6. The topological polar surface area (TPSA) is 84.2 Å². The van der Waals surface area contributed by atoms with Crippen molar-refractivity contribution in [3.8, 4) is 0 Å². The molecular formula is C11H23N3O2. The zero-order valence-corrected chi connectivity index (χ0v) is 10.8. The van der Waals surface area contributed by atoms with Crippen LogP contribution >= 0.6 is 0 Å². The van der Waals surface area contributed by atoms with Gasteiger partial charge in [-0.3, -0.25) is 9.59 Å². The van der Waals surface area contributed by atoms with Crippen LogP contribution < -0.4 is 16.4 Å². The Kier molecular flexibility index (Phi) is 5.44. The number of rotatable bonds is 4. The fourth-order valence-corrected chi connectivity index (χ4v) is 1.01. The Morgan fingerprint density at radius 1 is 1.19 bits per heavy atom. The molecule has 2 amide bonds. The highest BCUT2D eigenvalue weighted by atomic mass is 16.2. The van der Waals surface area contributed by atoms with Crippen LogP contribution in [0.3, 0.4) is 0 Å². The maximum Gasteiger partial charge on any atom is 0.242 e. The fraction of sp³-hybridized carbons (Fsp3) is 0.818. The summed E-state index contributed by atoms with van der Waals surface area (Å²) in [7, 11) is 0. The lowest BCUT2D eigenvalue weighted by molar-refractivity contribution is -0.131. The van der Waals surface area contributed by atoms with E-state index in [0.717, 1.165) is 0 Å². The van der Waals surface area contributed by atoms with Crippen LogP contribution in [0.15, 0.2) is 0 Å². The highest BCUT2D eigenvalue weighted by Gasteiger charge is 2.22. The summed E-state index contributed by atoms with van der Waals surface area (Å²) in [4.78, 5) is 23.1. The van der Waals surface area contributed by atoms with E-state index in [1.807, 2.05) is 20.8 Å². The predicted molar refractivity (Wildman–Crippen MR) is 63.7 cm³/mol. The molecule has 16 heavy (non-hydrogen) atoms. The van der Waals surface area contributed by atoms with Crippen LogP contribution in [0.25, 0.3) is 0 Å². The van der Waals surface area contributed by atoms with Crippen molar-refractivity contribution in [3.05, 3.63) is 0 Å². The van der Waals surface area contributed by atoms with E-state index in [-0.39, 0.29) is 29.8 Å². The number of nitrogens with one attached hydrogen (secondary N) is 2. The lowest BCUT2D eigenvalue weighted by atomic mass is 10.1. The first-order valence-corrected chi connectivity index (χ1v) is 5.50. The lowest BCUT2D eigenvalue weighted by Gasteiger charge is -2.24. The number of amides is 2. The van der Waals surface area contributed by atoms with Gasteiger partial charge in [0.05, 0.1) is 0 Å². The van der Waals surface area contributed by atoms with Gasteiger partial charge in [0.1, 0.15) is 6.04 Å². The van der Waals surface area contributed by atoms with Gasteiger partial charge in [-0.25, -0.2) is 0 Å². The van der Waals surface area contributed by atoms with Crippen molar-refractivity contribution < 1.29 is 9.59 Å². The molecule has 0 radical (unpaired) electrons. The molecule has 2 unspecified atom stereocenters. The van der Waals surface area contributed by atoms with Crippen molar-refractivity contribution in [2.45, 2.75) is 46.2 Å². The lowest BCUT2D eigenvalue weighted by Crippen LogP contribution is -2.52. The van der Waals surface area contributed by atoms with E-state index in [1.165, 1.54) is 0 Å². The molecule has 2 atom stereocenters. The van der Waals surface area contributed by atoms with Gasteiger partial charge < -0.3 is 16.4 Å². The molecule has 0 aliphatic rings. The summed E-state index contributed by atoms with van der Waals surface area (Å²) in [6, 6.07) is -0.541. The molecule has 0 aliphatic carbocycles. The Bertz CT molecular complexity index is 258. The van der Waals surface area contributed by atoms with Gasteiger partial charge in [-0.2, -0.15) is 0 Å². The van der Waals surface area contributed by atoms with Gasteiger partial charge in [-0.1, -0.05) is 6.92 Å². The smallest absolute Gasteiger partial charge is 0.242 e. The number of hydrogen-bond donors (Lipinski definition) is 3. The van der Waals surface area contributed by atoms with Crippen molar-refractivity contribution in [2.75, 3.05) is 6.54 Å². The molecule has 0 aliphatic heterocycles. The van der Waals surface area contributed by atoms with Crippen molar-refractivity contribution in [2.24, 2.45) is 11.7 Å². The van der Waals surface area contributed by atoms with Crippen LogP contribution in [0.4, 0.5) is 0 Å². The van der Waals surface area contributed by atoms with E-state index in [2.05, 4.69) is 10.6 Å². The number of hydrogen-bond acceptors (Lipinski definition) is 3. The standard InChI is InChI=1S/C11H23N3O2/c1-7(6-12)9(15)13-8(2)10(16)14-11(3,4)5/h7-8H,6,12H2,1-5H3,(H,13,15)(H,14,16). The van der Waals surface area contributed by atoms with Crippen molar-refractivity contribution in [1.29, 1.82) is 0 Å². The van der Waals surface area contributed by atoms with Crippen molar-refractivity contribution >= 4 is 11.8 Å². The third-order valence-corrected chi connectivity index (χ3v) is 2.05. The summed E-state index contributed by atoms with van der Waals surface area (Å²) >= 11 is 0. The minimum Gasteiger partial charge on any atom is -0.350 e. The maximum atomic E-state index is 11.6. The third-order valence-electron chi connectivity index (χ3n) is 2.05. The van der Waals surface area contributed by atoms with Crippen LogP contribution in [0, 0.1) is 5.92 Å². The Hall–Kier alpha value is -1.10. The zero-order chi connectivity index (χ0) is 12.9. The summed E-state index contributed by atoms with van der Waals surface area (Å²) in [6.07, 6.45) is 0. The number of nitrogens with two attached hydrogens (primary N) is 1. The second-order valence-electron chi connectivity index (χ2n) is 5.11. The second kappa shape index (κ2) is 5.84. The highest BCUT2D eigenvalue weighted by Crippen LogP contribution is 2.00. The summed E-state index contributed by atoms with van der Waals surface area (Å²) in [5, 5.41) is 5.42. The van der Waals surface area contributed by atoms with Crippen LogP contribution in [0.1, 0.15) is 34.6 Å². The molecule has 0 aromatic rings. The average Bonchev–Trinajstić information content (AvgIpc) is 2.13. The van der Waals surface area contributed by atoms with Gasteiger partial charge in [0, 0.05) is 18.0 Å². The highest BCUT2D eigenvalue weighted by molar-refractivity contribution is 5.88. The molecule has 5 heteroatoms. The molecule has 4 N–H and O–H groups in total. The first kappa shape index (κ1) is 14.9. The minimum absolute atomic E-state index is 0.190. The normalized spacial score (nSPS) is 15.1. The van der Waals surface area contributed by atoms with E-state index < -0.39 is 6.04 Å². The van der Waals surface area contributed by atoms with Gasteiger partial charge >= 0.3 is 0 Å². The van der Waals surface area contributed by atoms with E-state index >= 15 is 0 Å². The molecule has 0 saturated carbocycles. The first-order chi connectivity index (χ1) is 7.17. The Morgan fingerprint density at radius 2 is 1.69 bits per heavy atom. The van der Waals surface area contributed by atoms with E-state index in [9.17, 15) is 9.59 Å². The molecule has 0 aromatic carbocycles. The SMILES string of the molecule is CC(CN)C(=O)NC(C)C(=O)NC(C)(C)C. The average molecular weight is 229 g/mol. The fourth-order valence-electron chi connectivity index (χ4n) is 1.01. The van der Waals surface area contributed by atoms with E-state index in [4.69, 9.17) is 5.73 Å². The van der Waals surface area contributed by atoms with E-state index in [0.29, 0.717) is 0 Å². The third kappa shape index (κ3) is 5.70. The Labute approximate surface area is 97.2 Å². The Balaban J connectivity index is 4.21. The molecule has 0 spiro atoms. The van der Waals surface area contributed by atoms with Crippen LogP contribution in [0.5, 0.6) is 0 Å². The molecule has 94 valence electrons.